The molecule has 2 atom stereocenters. The van der Waals surface area contributed by atoms with Crippen molar-refractivity contribution >= 4 is 12.1 Å². The maximum absolute atomic E-state index is 11.3. The zero-order chi connectivity index (χ0) is 12.7. The van der Waals surface area contributed by atoms with Crippen LogP contribution in [-0.4, -0.2) is 30.8 Å². The maximum Gasteiger partial charge on any atom is 0.407 e. The number of hydrogen-bond donors (Lipinski definition) is 1. The molecule has 0 aromatic carbocycles. The summed E-state index contributed by atoms with van der Waals surface area (Å²) < 4.78 is 10.4. The molecule has 0 heterocycles. The molecule has 17 heavy (non-hydrogen) atoms. The van der Waals surface area contributed by atoms with Crippen molar-refractivity contribution in [3.63, 3.8) is 0 Å². The largest absolute Gasteiger partial charge is 0.455 e. The Morgan fingerprint density at radius 3 is 2.41 bits per heavy atom. The van der Waals surface area contributed by atoms with E-state index in [9.17, 15) is 9.59 Å². The minimum atomic E-state index is -0.471. The van der Waals surface area contributed by atoms with Gasteiger partial charge in [-0.2, -0.15) is 0 Å². The summed E-state index contributed by atoms with van der Waals surface area (Å²) in [5, 5.41) is 2.56. The molecule has 5 heteroatoms. The molecule has 0 radical (unpaired) electrons. The van der Waals surface area contributed by atoms with E-state index in [4.69, 9.17) is 9.47 Å². The molecule has 0 aromatic rings. The Balaban J connectivity index is 2.50. The molecule has 0 spiro atoms. The summed E-state index contributed by atoms with van der Waals surface area (Å²) in [6, 6.07) is 0. The number of ether oxygens (including phenoxy) is 2. The first-order valence-electron chi connectivity index (χ1n) is 5.95. The molecule has 1 N–H and O–H groups in total. The molecule has 5 nitrogen and oxygen atoms in total. The molecule has 0 bridgehead atoms. The molecular weight excluding hydrogens is 222 g/mol. The van der Waals surface area contributed by atoms with Crippen molar-refractivity contribution in [3.8, 4) is 0 Å². The van der Waals surface area contributed by atoms with Gasteiger partial charge in [0.15, 0.2) is 0 Å². The van der Waals surface area contributed by atoms with Crippen molar-refractivity contribution in [2.45, 2.75) is 44.8 Å². The smallest absolute Gasteiger partial charge is 0.407 e. The fourth-order valence-corrected chi connectivity index (χ4v) is 1.85. The van der Waals surface area contributed by atoms with Crippen molar-refractivity contribution in [2.24, 2.45) is 0 Å². The van der Waals surface area contributed by atoms with Crippen LogP contribution < -0.4 is 5.32 Å². The third kappa shape index (κ3) is 4.46. The number of alkyl carbamates (subject to hydrolysis) is 1. The van der Waals surface area contributed by atoms with Crippen molar-refractivity contribution in [1.82, 2.24) is 5.32 Å². The van der Waals surface area contributed by atoms with E-state index >= 15 is 0 Å². The highest BCUT2D eigenvalue weighted by Gasteiger charge is 2.30. The standard InChI is InChI=1S/C12H19NO4/c1-3-11(14)16-9-7-5-6-8-10(9)17-12(15)13-4-2/h3,9-10H,1,4-8H2,2H3,(H,13,15). The van der Waals surface area contributed by atoms with Crippen LogP contribution in [0.3, 0.4) is 0 Å². The summed E-state index contributed by atoms with van der Waals surface area (Å²) in [5.74, 6) is -0.471. The second-order valence-electron chi connectivity index (χ2n) is 3.94. The number of esters is 1. The third-order valence-electron chi connectivity index (χ3n) is 2.66. The molecule has 2 unspecified atom stereocenters. The average molecular weight is 241 g/mol. The van der Waals surface area contributed by atoms with Gasteiger partial charge in [-0.1, -0.05) is 6.58 Å². The van der Waals surface area contributed by atoms with E-state index < -0.39 is 12.1 Å². The lowest BCUT2D eigenvalue weighted by Crippen LogP contribution is -2.40. The number of rotatable bonds is 4. The normalized spacial score (nSPS) is 23.6. The summed E-state index contributed by atoms with van der Waals surface area (Å²) in [4.78, 5) is 22.5. The molecule has 1 aliphatic rings. The predicted octanol–water partition coefficient (Wildman–Crippen LogP) is 1.77. The van der Waals surface area contributed by atoms with Gasteiger partial charge < -0.3 is 14.8 Å². The number of nitrogens with one attached hydrogen (secondary N) is 1. The number of carbonyl (C=O) groups excluding carboxylic acids is 2. The van der Waals surface area contributed by atoms with Crippen LogP contribution >= 0.6 is 0 Å². The van der Waals surface area contributed by atoms with E-state index in [0.717, 1.165) is 31.8 Å². The Labute approximate surface area is 101 Å². The second kappa shape index (κ2) is 6.93. The fraction of sp³-hybridized carbons (Fsp3) is 0.667. The topological polar surface area (TPSA) is 64.6 Å². The third-order valence-corrected chi connectivity index (χ3v) is 2.66. The van der Waals surface area contributed by atoms with Gasteiger partial charge in [0.25, 0.3) is 0 Å². The van der Waals surface area contributed by atoms with Crippen LogP contribution in [0.1, 0.15) is 32.6 Å². The molecule has 0 saturated heterocycles. The van der Waals surface area contributed by atoms with E-state index in [1.165, 1.54) is 0 Å². The Bertz CT molecular complexity index is 290. The van der Waals surface area contributed by atoms with Crippen LogP contribution in [0.2, 0.25) is 0 Å². The minimum Gasteiger partial charge on any atom is -0.455 e. The van der Waals surface area contributed by atoms with Gasteiger partial charge in [0, 0.05) is 12.6 Å². The van der Waals surface area contributed by atoms with Crippen LogP contribution in [0.15, 0.2) is 12.7 Å². The molecule has 0 aromatic heterocycles. The van der Waals surface area contributed by atoms with Crippen molar-refractivity contribution in [3.05, 3.63) is 12.7 Å². The van der Waals surface area contributed by atoms with Crippen LogP contribution in [0.25, 0.3) is 0 Å². The first-order valence-corrected chi connectivity index (χ1v) is 5.95. The Morgan fingerprint density at radius 1 is 1.29 bits per heavy atom. The molecule has 0 aliphatic heterocycles. The Kier molecular flexibility index (Phi) is 5.52. The highest BCUT2D eigenvalue weighted by molar-refractivity contribution is 5.81. The lowest BCUT2D eigenvalue weighted by Gasteiger charge is -2.30. The first-order chi connectivity index (χ1) is 8.17. The lowest BCUT2D eigenvalue weighted by atomic mass is 9.94. The van der Waals surface area contributed by atoms with Crippen LogP contribution in [0.5, 0.6) is 0 Å². The molecule has 1 saturated carbocycles. The van der Waals surface area contributed by atoms with E-state index in [-0.39, 0.29) is 12.2 Å². The van der Waals surface area contributed by atoms with Gasteiger partial charge in [0.05, 0.1) is 0 Å². The SMILES string of the molecule is C=CC(=O)OC1CCCCC1OC(=O)NCC. The van der Waals surface area contributed by atoms with Gasteiger partial charge in [-0.15, -0.1) is 0 Å². The van der Waals surface area contributed by atoms with Gasteiger partial charge in [0.1, 0.15) is 12.2 Å². The molecule has 1 fully saturated rings. The summed E-state index contributed by atoms with van der Waals surface area (Å²) >= 11 is 0. The summed E-state index contributed by atoms with van der Waals surface area (Å²) in [6.07, 6.45) is 3.37. The summed E-state index contributed by atoms with van der Waals surface area (Å²) in [5.41, 5.74) is 0. The lowest BCUT2D eigenvalue weighted by molar-refractivity contribution is -0.151. The van der Waals surface area contributed by atoms with E-state index in [1.54, 1.807) is 0 Å². The van der Waals surface area contributed by atoms with E-state index in [2.05, 4.69) is 11.9 Å². The van der Waals surface area contributed by atoms with Crippen LogP contribution in [-0.2, 0) is 14.3 Å². The van der Waals surface area contributed by atoms with Gasteiger partial charge in [-0.3, -0.25) is 0 Å². The fourth-order valence-electron chi connectivity index (χ4n) is 1.85. The summed E-state index contributed by atoms with van der Waals surface area (Å²) in [7, 11) is 0. The zero-order valence-corrected chi connectivity index (χ0v) is 10.1. The van der Waals surface area contributed by atoms with Gasteiger partial charge in [-0.25, -0.2) is 9.59 Å². The molecular formula is C12H19NO4. The van der Waals surface area contributed by atoms with Gasteiger partial charge in [0.2, 0.25) is 0 Å². The maximum atomic E-state index is 11.3. The van der Waals surface area contributed by atoms with Crippen LogP contribution in [0, 0.1) is 0 Å². The highest BCUT2D eigenvalue weighted by Crippen LogP contribution is 2.24. The quantitative estimate of drug-likeness (QED) is 0.602. The Morgan fingerprint density at radius 2 is 1.88 bits per heavy atom. The number of carbonyl (C=O) groups is 2. The molecule has 1 rings (SSSR count). The number of amides is 1. The molecule has 1 aliphatic carbocycles. The zero-order valence-electron chi connectivity index (χ0n) is 10.1. The molecule has 96 valence electrons. The van der Waals surface area contributed by atoms with Gasteiger partial charge >= 0.3 is 12.1 Å². The Hall–Kier alpha value is -1.52. The predicted molar refractivity (Wildman–Crippen MR) is 62.5 cm³/mol. The summed E-state index contributed by atoms with van der Waals surface area (Å²) in [6.45, 7) is 5.68. The molecule has 1 amide bonds. The van der Waals surface area contributed by atoms with Crippen molar-refractivity contribution in [2.75, 3.05) is 6.54 Å². The highest BCUT2D eigenvalue weighted by atomic mass is 16.6. The number of hydrogen-bond acceptors (Lipinski definition) is 4. The minimum absolute atomic E-state index is 0.348. The second-order valence-corrected chi connectivity index (χ2v) is 3.94. The van der Waals surface area contributed by atoms with E-state index in [1.807, 2.05) is 6.92 Å². The van der Waals surface area contributed by atoms with E-state index in [0.29, 0.717) is 6.54 Å². The van der Waals surface area contributed by atoms with Crippen molar-refractivity contribution in [1.29, 1.82) is 0 Å². The van der Waals surface area contributed by atoms with Crippen molar-refractivity contribution < 1.29 is 19.1 Å². The van der Waals surface area contributed by atoms with Gasteiger partial charge in [-0.05, 0) is 32.6 Å². The monoisotopic (exact) mass is 241 g/mol. The van der Waals surface area contributed by atoms with Crippen LogP contribution in [0.4, 0.5) is 4.79 Å². The average Bonchev–Trinajstić information content (AvgIpc) is 2.31. The first kappa shape index (κ1) is 13.5.